The van der Waals surface area contributed by atoms with Crippen molar-refractivity contribution in [2.45, 2.75) is 39.0 Å². The lowest BCUT2D eigenvalue weighted by Gasteiger charge is -2.39. The van der Waals surface area contributed by atoms with Crippen molar-refractivity contribution < 1.29 is 14.6 Å². The zero-order valence-corrected chi connectivity index (χ0v) is 12.6. The predicted octanol–water partition coefficient (Wildman–Crippen LogP) is 1.84. The van der Waals surface area contributed by atoms with E-state index in [0.717, 1.165) is 24.5 Å². The van der Waals surface area contributed by atoms with Crippen molar-refractivity contribution in [1.82, 2.24) is 4.90 Å². The molecule has 0 aliphatic carbocycles. The molecule has 0 saturated carbocycles. The Bertz CT molecular complexity index is 414. The van der Waals surface area contributed by atoms with E-state index < -0.39 is 6.10 Å². The number of hydrogen-bond donors (Lipinski definition) is 1. The maximum absolute atomic E-state index is 10.2. The quantitative estimate of drug-likeness (QED) is 0.893. The molecule has 0 bridgehead atoms. The number of aliphatic hydroxyl groups excluding tert-OH is 1. The normalized spacial score (nSPS) is 25.4. The van der Waals surface area contributed by atoms with Gasteiger partial charge in [0.1, 0.15) is 18.5 Å². The summed E-state index contributed by atoms with van der Waals surface area (Å²) in [5.41, 5.74) is 1.16. The molecule has 1 aromatic carbocycles. The van der Waals surface area contributed by atoms with Gasteiger partial charge in [0, 0.05) is 18.6 Å². The van der Waals surface area contributed by atoms with Gasteiger partial charge in [-0.2, -0.15) is 0 Å². The van der Waals surface area contributed by atoms with Crippen LogP contribution < -0.4 is 4.74 Å². The van der Waals surface area contributed by atoms with Gasteiger partial charge in [-0.3, -0.25) is 4.90 Å². The molecule has 4 heteroatoms. The highest BCUT2D eigenvalue weighted by molar-refractivity contribution is 5.27. The van der Waals surface area contributed by atoms with Gasteiger partial charge in [-0.1, -0.05) is 12.1 Å². The van der Waals surface area contributed by atoms with E-state index >= 15 is 0 Å². The van der Waals surface area contributed by atoms with E-state index in [-0.39, 0.29) is 0 Å². The van der Waals surface area contributed by atoms with Crippen molar-refractivity contribution in [3.05, 3.63) is 29.8 Å². The topological polar surface area (TPSA) is 41.9 Å². The monoisotopic (exact) mass is 279 g/mol. The van der Waals surface area contributed by atoms with Gasteiger partial charge in [0.2, 0.25) is 0 Å². The van der Waals surface area contributed by atoms with E-state index in [1.54, 1.807) is 0 Å². The molecule has 112 valence electrons. The van der Waals surface area contributed by atoms with Gasteiger partial charge in [-0.15, -0.1) is 0 Å². The van der Waals surface area contributed by atoms with Crippen LogP contribution in [0.2, 0.25) is 0 Å². The van der Waals surface area contributed by atoms with Gasteiger partial charge in [0.25, 0.3) is 0 Å². The highest BCUT2D eigenvalue weighted by atomic mass is 16.5. The minimum atomic E-state index is -0.487. The van der Waals surface area contributed by atoms with Gasteiger partial charge < -0.3 is 14.6 Å². The lowest BCUT2D eigenvalue weighted by molar-refractivity contribution is -0.0579. The molecule has 3 unspecified atom stereocenters. The highest BCUT2D eigenvalue weighted by Crippen LogP contribution is 2.15. The van der Waals surface area contributed by atoms with Crippen molar-refractivity contribution in [2.75, 3.05) is 26.4 Å². The highest BCUT2D eigenvalue weighted by Gasteiger charge is 2.27. The van der Waals surface area contributed by atoms with Crippen LogP contribution in [0, 0.1) is 6.92 Å². The van der Waals surface area contributed by atoms with E-state index in [4.69, 9.17) is 9.47 Å². The minimum Gasteiger partial charge on any atom is -0.491 e. The Labute approximate surface area is 121 Å². The Hall–Kier alpha value is -1.10. The summed E-state index contributed by atoms with van der Waals surface area (Å²) in [6.45, 7) is 8.69. The number of hydrogen-bond acceptors (Lipinski definition) is 4. The lowest BCUT2D eigenvalue weighted by atomic mass is 10.1. The first kappa shape index (κ1) is 15.3. The first-order valence-corrected chi connectivity index (χ1v) is 7.27. The molecule has 1 aliphatic heterocycles. The molecule has 0 aromatic heterocycles. The Balaban J connectivity index is 1.81. The molecular formula is C16H25NO3. The maximum Gasteiger partial charge on any atom is 0.119 e. The number of ether oxygens (including phenoxy) is 2. The van der Waals surface area contributed by atoms with Crippen LogP contribution in [0.5, 0.6) is 5.75 Å². The zero-order valence-electron chi connectivity index (χ0n) is 12.6. The summed E-state index contributed by atoms with van der Waals surface area (Å²) < 4.78 is 11.1. The van der Waals surface area contributed by atoms with Crippen molar-refractivity contribution in [3.63, 3.8) is 0 Å². The van der Waals surface area contributed by atoms with Gasteiger partial charge in [-0.25, -0.2) is 0 Å². The number of morpholine rings is 1. The largest absolute Gasteiger partial charge is 0.491 e. The maximum atomic E-state index is 10.2. The smallest absolute Gasteiger partial charge is 0.119 e. The number of β-amino-alcohol motifs (C(OH)–C–C–N with tert-alkyl or cyclic N) is 1. The second kappa shape index (κ2) is 7.07. The standard InChI is InChI=1S/C16H25NO3/c1-12-5-4-6-16(7-12)20-11-15(18)8-17-13(2)9-19-10-14(17)3/h4-7,13-15,18H,8-11H2,1-3H3. The Morgan fingerprint density at radius 1 is 1.35 bits per heavy atom. The SMILES string of the molecule is Cc1cccc(OCC(O)CN2C(C)COCC2C)c1. The van der Waals surface area contributed by atoms with E-state index in [2.05, 4.69) is 18.7 Å². The number of nitrogens with zero attached hydrogens (tertiary/aromatic N) is 1. The molecule has 2 rings (SSSR count). The van der Waals surface area contributed by atoms with Crippen LogP contribution >= 0.6 is 0 Å². The molecule has 1 heterocycles. The van der Waals surface area contributed by atoms with Gasteiger partial charge >= 0.3 is 0 Å². The predicted molar refractivity (Wildman–Crippen MR) is 79.1 cm³/mol. The van der Waals surface area contributed by atoms with Gasteiger partial charge in [-0.05, 0) is 38.5 Å². The third-order valence-corrected chi connectivity index (χ3v) is 3.70. The Morgan fingerprint density at radius 3 is 2.70 bits per heavy atom. The summed E-state index contributed by atoms with van der Waals surface area (Å²) in [6, 6.07) is 8.57. The van der Waals surface area contributed by atoms with Crippen LogP contribution in [0.15, 0.2) is 24.3 Å². The van der Waals surface area contributed by atoms with E-state index in [1.807, 2.05) is 31.2 Å². The second-order valence-corrected chi connectivity index (χ2v) is 5.71. The van der Waals surface area contributed by atoms with Crippen LogP contribution in [0.4, 0.5) is 0 Å². The average molecular weight is 279 g/mol. The molecule has 3 atom stereocenters. The van der Waals surface area contributed by atoms with Crippen LogP contribution in [0.25, 0.3) is 0 Å². The summed E-state index contributed by atoms with van der Waals surface area (Å²) in [5, 5.41) is 10.2. The van der Waals surface area contributed by atoms with Gasteiger partial charge in [0.05, 0.1) is 13.2 Å². The Kier molecular flexibility index (Phi) is 5.40. The number of aliphatic hydroxyl groups is 1. The molecule has 4 nitrogen and oxygen atoms in total. The molecule has 1 N–H and O–H groups in total. The Morgan fingerprint density at radius 2 is 2.05 bits per heavy atom. The fourth-order valence-corrected chi connectivity index (χ4v) is 2.59. The van der Waals surface area contributed by atoms with Crippen molar-refractivity contribution in [2.24, 2.45) is 0 Å². The average Bonchev–Trinajstić information content (AvgIpc) is 2.41. The molecule has 1 aromatic rings. The second-order valence-electron chi connectivity index (χ2n) is 5.71. The van der Waals surface area contributed by atoms with E-state index in [0.29, 0.717) is 25.2 Å². The zero-order chi connectivity index (χ0) is 14.5. The van der Waals surface area contributed by atoms with Crippen molar-refractivity contribution in [1.29, 1.82) is 0 Å². The summed E-state index contributed by atoms with van der Waals surface area (Å²) in [6.07, 6.45) is -0.487. The fraction of sp³-hybridized carbons (Fsp3) is 0.625. The third-order valence-electron chi connectivity index (χ3n) is 3.70. The van der Waals surface area contributed by atoms with Crippen molar-refractivity contribution in [3.8, 4) is 5.75 Å². The third kappa shape index (κ3) is 4.20. The van der Waals surface area contributed by atoms with Gasteiger partial charge in [0.15, 0.2) is 0 Å². The molecule has 1 aliphatic rings. The number of benzene rings is 1. The fourth-order valence-electron chi connectivity index (χ4n) is 2.59. The molecule has 0 amide bonds. The summed E-state index contributed by atoms with van der Waals surface area (Å²) in [7, 11) is 0. The van der Waals surface area contributed by atoms with Crippen LogP contribution in [0.3, 0.4) is 0 Å². The molecule has 0 spiro atoms. The summed E-state index contributed by atoms with van der Waals surface area (Å²) >= 11 is 0. The van der Waals surface area contributed by atoms with Crippen LogP contribution in [-0.4, -0.2) is 54.6 Å². The van der Waals surface area contributed by atoms with E-state index in [9.17, 15) is 5.11 Å². The van der Waals surface area contributed by atoms with Crippen molar-refractivity contribution >= 4 is 0 Å². The molecule has 1 fully saturated rings. The molecular weight excluding hydrogens is 254 g/mol. The minimum absolute atomic E-state index is 0.320. The van der Waals surface area contributed by atoms with E-state index in [1.165, 1.54) is 0 Å². The number of aryl methyl sites for hydroxylation is 1. The first-order chi connectivity index (χ1) is 9.56. The number of rotatable bonds is 5. The molecule has 20 heavy (non-hydrogen) atoms. The molecule has 1 saturated heterocycles. The molecule has 0 radical (unpaired) electrons. The van der Waals surface area contributed by atoms with Crippen LogP contribution in [0.1, 0.15) is 19.4 Å². The lowest BCUT2D eigenvalue weighted by Crippen LogP contribution is -2.52. The summed E-state index contributed by atoms with van der Waals surface area (Å²) in [4.78, 5) is 2.29. The summed E-state index contributed by atoms with van der Waals surface area (Å²) in [5.74, 6) is 0.812. The van der Waals surface area contributed by atoms with Crippen LogP contribution in [-0.2, 0) is 4.74 Å². The first-order valence-electron chi connectivity index (χ1n) is 7.27.